The molecule has 1 aliphatic rings. The first kappa shape index (κ1) is 23.4. The number of imidazole rings is 1. The van der Waals surface area contributed by atoms with E-state index in [-0.39, 0.29) is 17.6 Å². The van der Waals surface area contributed by atoms with Crippen LogP contribution in [-0.4, -0.2) is 68.2 Å². The quantitative estimate of drug-likeness (QED) is 0.369. The minimum absolute atomic E-state index is 0.000431. The molecule has 0 radical (unpaired) electrons. The number of rotatable bonds is 6. The van der Waals surface area contributed by atoms with Crippen LogP contribution < -0.4 is 21.3 Å². The van der Waals surface area contributed by atoms with Gasteiger partial charge in [-0.25, -0.2) is 19.9 Å². The lowest BCUT2D eigenvalue weighted by molar-refractivity contribution is 0.0984. The van der Waals surface area contributed by atoms with E-state index in [2.05, 4.69) is 47.4 Å². The zero-order chi connectivity index (χ0) is 25.4. The average Bonchev–Trinajstić information content (AvgIpc) is 3.25. The number of carbonyl (C=O) groups is 1. The van der Waals surface area contributed by atoms with Crippen LogP contribution in [0.5, 0.6) is 0 Å². The number of nitrogens with zero attached hydrogens (tertiary/aromatic N) is 7. The first-order chi connectivity index (χ1) is 17.4. The van der Waals surface area contributed by atoms with E-state index in [1.54, 1.807) is 32.0 Å². The number of hydrogen-bond donors (Lipinski definition) is 3. The molecule has 1 fully saturated rings. The Bertz CT molecular complexity index is 1450. The molecule has 12 nitrogen and oxygen atoms in total. The van der Waals surface area contributed by atoms with Crippen LogP contribution in [0, 0.1) is 6.92 Å². The van der Waals surface area contributed by atoms with Crippen LogP contribution in [0.15, 0.2) is 31.0 Å². The van der Waals surface area contributed by atoms with E-state index in [9.17, 15) is 4.79 Å². The van der Waals surface area contributed by atoms with Crippen molar-refractivity contribution < 1.29 is 9.53 Å². The highest BCUT2D eigenvalue weighted by Crippen LogP contribution is 2.33. The number of anilines is 4. The van der Waals surface area contributed by atoms with Gasteiger partial charge in [-0.3, -0.25) is 9.78 Å². The summed E-state index contributed by atoms with van der Waals surface area (Å²) < 4.78 is 7.41. The molecule has 1 aliphatic heterocycles. The predicted molar refractivity (Wildman–Crippen MR) is 137 cm³/mol. The Hall–Kier alpha value is -4.32. The zero-order valence-electron chi connectivity index (χ0n) is 20.6. The van der Waals surface area contributed by atoms with Crippen LogP contribution in [-0.2, 0) is 11.8 Å². The number of nitrogens with one attached hydrogen (secondary N) is 2. The molecule has 1 saturated heterocycles. The van der Waals surface area contributed by atoms with Crippen LogP contribution in [0.25, 0.3) is 22.3 Å². The smallest absolute Gasteiger partial charge is 0.271 e. The third-order valence-corrected chi connectivity index (χ3v) is 6.21. The first-order valence-electron chi connectivity index (χ1n) is 11.6. The second kappa shape index (κ2) is 9.38. The summed E-state index contributed by atoms with van der Waals surface area (Å²) in [4.78, 5) is 37.4. The summed E-state index contributed by atoms with van der Waals surface area (Å²) in [5.74, 6) is 0.870. The Morgan fingerprint density at radius 1 is 1.19 bits per heavy atom. The number of carbonyl (C=O) groups excluding carboxylic acids is 1. The number of fused-ring (bicyclic) bond motifs is 1. The zero-order valence-corrected chi connectivity index (χ0v) is 20.6. The second-order valence-corrected chi connectivity index (χ2v) is 8.75. The first-order valence-corrected chi connectivity index (χ1v) is 11.6. The fraction of sp³-hybridized carbons (Fsp3) is 0.333. The highest BCUT2D eigenvalue weighted by molar-refractivity contribution is 5.99. The number of ether oxygens (including phenoxy) is 1. The van der Waals surface area contributed by atoms with Gasteiger partial charge < -0.3 is 30.6 Å². The molecule has 0 aromatic carbocycles. The van der Waals surface area contributed by atoms with Crippen molar-refractivity contribution >= 4 is 40.1 Å². The van der Waals surface area contributed by atoms with Gasteiger partial charge in [0.05, 0.1) is 54.7 Å². The van der Waals surface area contributed by atoms with E-state index in [4.69, 9.17) is 10.5 Å². The predicted octanol–water partition coefficient (Wildman–Crippen LogP) is 2.24. The van der Waals surface area contributed by atoms with E-state index in [1.807, 2.05) is 24.6 Å². The molecule has 5 rings (SSSR count). The number of hydrogen-bond acceptors (Lipinski definition) is 10. The van der Waals surface area contributed by atoms with Crippen LogP contribution in [0.3, 0.4) is 0 Å². The van der Waals surface area contributed by atoms with Gasteiger partial charge in [-0.05, 0) is 25.5 Å². The molecule has 4 aromatic heterocycles. The largest absolute Gasteiger partial charge is 0.377 e. The van der Waals surface area contributed by atoms with Gasteiger partial charge in [-0.1, -0.05) is 0 Å². The SMILES string of the molecule is CNc1nc(Nc2cnc(N3CCOC[C@H]3C)c(C)c2)c(C(N)=O)nc1-c1cncc2c1ncn2C. The number of nitrogens with two attached hydrogens (primary N) is 1. The number of amides is 1. The summed E-state index contributed by atoms with van der Waals surface area (Å²) in [6, 6.07) is 2.20. The highest BCUT2D eigenvalue weighted by atomic mass is 16.5. The topological polar surface area (TPSA) is 149 Å². The molecule has 12 heteroatoms. The van der Waals surface area contributed by atoms with Gasteiger partial charge in [0.1, 0.15) is 17.0 Å². The lowest BCUT2D eigenvalue weighted by Crippen LogP contribution is -2.44. The molecular weight excluding hydrogens is 460 g/mol. The van der Waals surface area contributed by atoms with Crippen LogP contribution in [0.4, 0.5) is 23.1 Å². The summed E-state index contributed by atoms with van der Waals surface area (Å²) >= 11 is 0. The molecule has 0 saturated carbocycles. The van der Waals surface area contributed by atoms with E-state index >= 15 is 0 Å². The Kier molecular flexibility index (Phi) is 6.10. The Balaban J connectivity index is 1.53. The summed E-state index contributed by atoms with van der Waals surface area (Å²) in [7, 11) is 3.62. The highest BCUT2D eigenvalue weighted by Gasteiger charge is 2.23. The lowest BCUT2D eigenvalue weighted by atomic mass is 10.1. The van der Waals surface area contributed by atoms with Crippen molar-refractivity contribution in [3.8, 4) is 11.3 Å². The summed E-state index contributed by atoms with van der Waals surface area (Å²) in [6.45, 7) is 6.23. The van der Waals surface area contributed by atoms with Gasteiger partial charge in [-0.15, -0.1) is 0 Å². The lowest BCUT2D eigenvalue weighted by Gasteiger charge is -2.35. The monoisotopic (exact) mass is 488 g/mol. The maximum atomic E-state index is 12.4. The van der Waals surface area contributed by atoms with Crippen LogP contribution in [0.1, 0.15) is 23.0 Å². The molecule has 5 heterocycles. The molecule has 36 heavy (non-hydrogen) atoms. The number of aromatic nitrogens is 6. The molecule has 1 atom stereocenters. The van der Waals surface area contributed by atoms with Gasteiger partial charge in [0.15, 0.2) is 17.3 Å². The molecule has 186 valence electrons. The Labute approximate surface area is 207 Å². The van der Waals surface area contributed by atoms with E-state index in [1.165, 1.54) is 0 Å². The molecule has 0 unspecified atom stereocenters. The fourth-order valence-electron chi connectivity index (χ4n) is 4.39. The fourth-order valence-corrected chi connectivity index (χ4v) is 4.39. The minimum atomic E-state index is -0.710. The van der Waals surface area contributed by atoms with Crippen molar-refractivity contribution in [3.05, 3.63) is 42.2 Å². The number of aryl methyl sites for hydroxylation is 2. The van der Waals surface area contributed by atoms with Gasteiger partial charge >= 0.3 is 0 Å². The second-order valence-electron chi connectivity index (χ2n) is 8.75. The molecule has 0 aliphatic carbocycles. The van der Waals surface area contributed by atoms with Gasteiger partial charge in [0.25, 0.3) is 5.91 Å². The summed E-state index contributed by atoms with van der Waals surface area (Å²) in [6.07, 6.45) is 6.78. The van der Waals surface area contributed by atoms with Crippen LogP contribution >= 0.6 is 0 Å². The molecular formula is C24H28N10O2. The molecule has 1 amide bonds. The van der Waals surface area contributed by atoms with E-state index in [0.717, 1.165) is 23.4 Å². The molecule has 0 bridgehead atoms. The van der Waals surface area contributed by atoms with Crippen molar-refractivity contribution in [2.75, 3.05) is 42.3 Å². The maximum absolute atomic E-state index is 12.4. The standard InChI is InChI=1S/C24H28N10O2/c1-13-7-15(8-28-24(13)34-5-6-36-11-14(34)2)30-23-20(21(25)35)31-19(22(26-3)32-23)16-9-27-10-17-18(16)29-12-33(17)4/h7-10,12,14H,5-6,11H2,1-4H3,(H2,25,35)(H2,26,30,32)/t14-/m1/s1. The van der Waals surface area contributed by atoms with Crippen molar-refractivity contribution in [3.63, 3.8) is 0 Å². The normalized spacial score (nSPS) is 15.8. The summed E-state index contributed by atoms with van der Waals surface area (Å²) in [5.41, 5.74) is 9.97. The number of morpholine rings is 1. The number of primary amides is 1. The van der Waals surface area contributed by atoms with Gasteiger partial charge in [0, 0.05) is 26.8 Å². The third-order valence-electron chi connectivity index (χ3n) is 6.21. The molecule has 4 N–H and O–H groups in total. The van der Waals surface area contributed by atoms with Crippen molar-refractivity contribution in [1.29, 1.82) is 0 Å². The van der Waals surface area contributed by atoms with Gasteiger partial charge in [0.2, 0.25) is 0 Å². The van der Waals surface area contributed by atoms with Gasteiger partial charge in [-0.2, -0.15) is 0 Å². The summed E-state index contributed by atoms with van der Waals surface area (Å²) in [5, 5.41) is 6.24. The van der Waals surface area contributed by atoms with Crippen molar-refractivity contribution in [2.45, 2.75) is 19.9 Å². The molecule has 0 spiro atoms. The minimum Gasteiger partial charge on any atom is -0.377 e. The van der Waals surface area contributed by atoms with Crippen molar-refractivity contribution in [2.24, 2.45) is 12.8 Å². The Morgan fingerprint density at radius 3 is 2.75 bits per heavy atom. The average molecular weight is 489 g/mol. The maximum Gasteiger partial charge on any atom is 0.271 e. The van der Waals surface area contributed by atoms with E-state index < -0.39 is 5.91 Å². The van der Waals surface area contributed by atoms with E-state index in [0.29, 0.717) is 41.5 Å². The van der Waals surface area contributed by atoms with Crippen LogP contribution in [0.2, 0.25) is 0 Å². The molecule has 4 aromatic rings. The van der Waals surface area contributed by atoms with Crippen molar-refractivity contribution in [1.82, 2.24) is 29.5 Å². The number of pyridine rings is 2. The Morgan fingerprint density at radius 2 is 2.03 bits per heavy atom. The third kappa shape index (κ3) is 4.15.